The minimum atomic E-state index is -1.01. The highest BCUT2D eigenvalue weighted by Gasteiger charge is 2.20. The van der Waals surface area contributed by atoms with Crippen molar-refractivity contribution in [3.8, 4) is 11.5 Å². The highest BCUT2D eigenvalue weighted by molar-refractivity contribution is 6.39. The van der Waals surface area contributed by atoms with E-state index >= 15 is 0 Å². The van der Waals surface area contributed by atoms with Crippen LogP contribution in [-0.4, -0.2) is 34.7 Å². The number of carbonyl (C=O) groups is 2. The molecule has 0 atom stereocenters. The Hall–Kier alpha value is -3.95. The van der Waals surface area contributed by atoms with Gasteiger partial charge in [-0.3, -0.25) is 19.7 Å². The van der Waals surface area contributed by atoms with E-state index in [1.807, 2.05) is 24.5 Å². The van der Waals surface area contributed by atoms with E-state index in [9.17, 15) is 24.8 Å². The van der Waals surface area contributed by atoms with Crippen LogP contribution >= 0.6 is 0 Å². The van der Waals surface area contributed by atoms with Crippen LogP contribution in [-0.2, 0) is 16.0 Å². The Morgan fingerprint density at radius 2 is 1.90 bits per heavy atom. The SMILES string of the molecule is CCOc1cc(/C=N\NC(=O)C(=O)Nc2ccc(CC)cc2)cc([N+](=O)[O-])c1O. The van der Waals surface area contributed by atoms with Crippen molar-refractivity contribution in [2.75, 3.05) is 11.9 Å². The molecule has 0 aromatic heterocycles. The van der Waals surface area contributed by atoms with Crippen LogP contribution in [0.25, 0.3) is 0 Å². The van der Waals surface area contributed by atoms with Crippen LogP contribution in [0.1, 0.15) is 25.0 Å². The Morgan fingerprint density at radius 3 is 2.48 bits per heavy atom. The highest BCUT2D eigenvalue weighted by atomic mass is 16.6. The van der Waals surface area contributed by atoms with Gasteiger partial charge in [0, 0.05) is 17.3 Å². The minimum Gasteiger partial charge on any atom is -0.500 e. The number of nitrogens with zero attached hydrogens (tertiary/aromatic N) is 2. The van der Waals surface area contributed by atoms with Crippen LogP contribution in [0.2, 0.25) is 0 Å². The number of phenols is 1. The number of rotatable bonds is 7. The van der Waals surface area contributed by atoms with Crippen molar-refractivity contribution in [1.82, 2.24) is 5.43 Å². The van der Waals surface area contributed by atoms with Gasteiger partial charge in [-0.15, -0.1) is 0 Å². The average Bonchev–Trinajstić information content (AvgIpc) is 2.70. The summed E-state index contributed by atoms with van der Waals surface area (Å²) in [6, 6.07) is 9.40. The molecule has 0 aliphatic rings. The minimum absolute atomic E-state index is 0.0947. The van der Waals surface area contributed by atoms with Crippen molar-refractivity contribution in [1.29, 1.82) is 0 Å². The lowest BCUT2D eigenvalue weighted by Crippen LogP contribution is -2.32. The van der Waals surface area contributed by atoms with Crippen molar-refractivity contribution < 1.29 is 24.4 Å². The molecule has 2 amide bonds. The fraction of sp³-hybridized carbons (Fsp3) is 0.211. The number of amides is 2. The van der Waals surface area contributed by atoms with Crippen LogP contribution in [0.3, 0.4) is 0 Å². The lowest BCUT2D eigenvalue weighted by Gasteiger charge is -2.07. The predicted molar refractivity (Wildman–Crippen MR) is 106 cm³/mol. The number of phenolic OH excluding ortho intramolecular Hbond substituents is 1. The van der Waals surface area contributed by atoms with E-state index in [2.05, 4.69) is 10.4 Å². The molecule has 0 bridgehead atoms. The average molecular weight is 400 g/mol. The van der Waals surface area contributed by atoms with E-state index in [4.69, 9.17) is 4.74 Å². The van der Waals surface area contributed by atoms with Gasteiger partial charge in [0.05, 0.1) is 17.7 Å². The second-order valence-electron chi connectivity index (χ2n) is 5.78. The summed E-state index contributed by atoms with van der Waals surface area (Å²) in [5.41, 5.74) is 3.20. The fourth-order valence-corrected chi connectivity index (χ4v) is 2.32. The third-order valence-corrected chi connectivity index (χ3v) is 3.78. The third-order valence-electron chi connectivity index (χ3n) is 3.78. The quantitative estimate of drug-likeness (QED) is 0.282. The second kappa shape index (κ2) is 9.83. The van der Waals surface area contributed by atoms with Crippen molar-refractivity contribution >= 4 is 29.4 Å². The molecule has 10 nitrogen and oxygen atoms in total. The number of hydrazone groups is 1. The summed E-state index contributed by atoms with van der Waals surface area (Å²) < 4.78 is 5.15. The number of hydrogen-bond acceptors (Lipinski definition) is 7. The molecule has 2 rings (SSSR count). The van der Waals surface area contributed by atoms with Gasteiger partial charge in [0.15, 0.2) is 5.75 Å². The van der Waals surface area contributed by atoms with Gasteiger partial charge in [-0.05, 0) is 37.1 Å². The van der Waals surface area contributed by atoms with Crippen LogP contribution < -0.4 is 15.5 Å². The number of aryl methyl sites for hydroxylation is 1. The van der Waals surface area contributed by atoms with E-state index in [0.29, 0.717) is 5.69 Å². The van der Waals surface area contributed by atoms with Gasteiger partial charge in [-0.1, -0.05) is 19.1 Å². The summed E-state index contributed by atoms with van der Waals surface area (Å²) in [7, 11) is 0. The zero-order chi connectivity index (χ0) is 21.4. The molecule has 0 unspecified atom stereocenters. The predicted octanol–water partition coefficient (Wildman–Crippen LogP) is 2.35. The lowest BCUT2D eigenvalue weighted by atomic mass is 10.1. The molecule has 0 heterocycles. The standard InChI is InChI=1S/C19H20N4O6/c1-3-12-5-7-14(8-6-12)21-18(25)19(26)22-20-11-13-9-15(23(27)28)17(24)16(10-13)29-4-2/h5-11,24H,3-4H2,1-2H3,(H,21,25)(H,22,26)/b20-11-. The maximum Gasteiger partial charge on any atom is 0.329 e. The van der Waals surface area contributed by atoms with Gasteiger partial charge in [0.1, 0.15) is 0 Å². The van der Waals surface area contributed by atoms with Crippen LogP contribution in [0.5, 0.6) is 11.5 Å². The van der Waals surface area contributed by atoms with Gasteiger partial charge in [0.25, 0.3) is 0 Å². The highest BCUT2D eigenvalue weighted by Crippen LogP contribution is 2.36. The third kappa shape index (κ3) is 5.76. The number of nitro benzene ring substituents is 1. The van der Waals surface area contributed by atoms with E-state index in [0.717, 1.165) is 24.3 Å². The van der Waals surface area contributed by atoms with Crippen molar-refractivity contribution in [3.05, 3.63) is 57.6 Å². The van der Waals surface area contributed by atoms with Crippen LogP contribution in [0.15, 0.2) is 41.5 Å². The zero-order valence-corrected chi connectivity index (χ0v) is 15.8. The molecule has 29 heavy (non-hydrogen) atoms. The Labute approximate surface area is 166 Å². The molecule has 10 heteroatoms. The van der Waals surface area contributed by atoms with Crippen molar-refractivity contribution in [2.24, 2.45) is 5.10 Å². The zero-order valence-electron chi connectivity index (χ0n) is 15.8. The van der Waals surface area contributed by atoms with Gasteiger partial charge in [0.2, 0.25) is 5.75 Å². The molecule has 0 saturated carbocycles. The first kappa shape index (κ1) is 21.4. The van der Waals surface area contributed by atoms with E-state index in [1.54, 1.807) is 19.1 Å². The topological polar surface area (TPSA) is 143 Å². The molecule has 0 aliphatic carbocycles. The monoisotopic (exact) mass is 400 g/mol. The first-order chi connectivity index (χ1) is 13.8. The van der Waals surface area contributed by atoms with Crippen LogP contribution in [0, 0.1) is 10.1 Å². The molecular formula is C19H20N4O6. The molecule has 0 saturated heterocycles. The molecule has 2 aromatic carbocycles. The molecule has 0 aliphatic heterocycles. The van der Waals surface area contributed by atoms with E-state index in [1.165, 1.54) is 6.07 Å². The number of anilines is 1. The number of hydrogen-bond donors (Lipinski definition) is 3. The lowest BCUT2D eigenvalue weighted by molar-refractivity contribution is -0.386. The number of carbonyl (C=O) groups excluding carboxylic acids is 2. The second-order valence-corrected chi connectivity index (χ2v) is 5.78. The molecule has 152 valence electrons. The molecular weight excluding hydrogens is 380 g/mol. The number of nitrogens with one attached hydrogen (secondary N) is 2. The molecule has 0 spiro atoms. The summed E-state index contributed by atoms with van der Waals surface area (Å²) in [5, 5.41) is 26.9. The summed E-state index contributed by atoms with van der Waals surface area (Å²) in [5.74, 6) is -2.63. The number of benzene rings is 2. The molecule has 0 radical (unpaired) electrons. The van der Waals surface area contributed by atoms with Gasteiger partial charge in [-0.25, -0.2) is 5.43 Å². The summed E-state index contributed by atoms with van der Waals surface area (Å²) in [6.45, 7) is 3.83. The smallest absolute Gasteiger partial charge is 0.329 e. The fourth-order valence-electron chi connectivity index (χ4n) is 2.32. The Morgan fingerprint density at radius 1 is 1.21 bits per heavy atom. The Balaban J connectivity index is 2.04. The van der Waals surface area contributed by atoms with E-state index < -0.39 is 28.2 Å². The maximum atomic E-state index is 11.9. The molecule has 2 aromatic rings. The summed E-state index contributed by atoms with van der Waals surface area (Å²) in [6.07, 6.45) is 1.94. The Kier molecular flexibility index (Phi) is 7.24. The maximum absolute atomic E-state index is 11.9. The summed E-state index contributed by atoms with van der Waals surface area (Å²) in [4.78, 5) is 34.0. The van der Waals surface area contributed by atoms with Crippen molar-refractivity contribution in [2.45, 2.75) is 20.3 Å². The van der Waals surface area contributed by atoms with Gasteiger partial charge >= 0.3 is 17.5 Å². The number of ether oxygens (including phenoxy) is 1. The van der Waals surface area contributed by atoms with Crippen molar-refractivity contribution in [3.63, 3.8) is 0 Å². The summed E-state index contributed by atoms with van der Waals surface area (Å²) >= 11 is 0. The Bertz CT molecular complexity index is 940. The largest absolute Gasteiger partial charge is 0.500 e. The normalized spacial score (nSPS) is 10.6. The molecule has 0 fully saturated rings. The van der Waals surface area contributed by atoms with E-state index in [-0.39, 0.29) is 17.9 Å². The molecule has 3 N–H and O–H groups in total. The van der Waals surface area contributed by atoms with Gasteiger partial charge < -0.3 is 15.2 Å². The first-order valence-electron chi connectivity index (χ1n) is 8.73. The number of nitro groups is 1. The first-order valence-corrected chi connectivity index (χ1v) is 8.73. The van der Waals surface area contributed by atoms with Crippen LogP contribution in [0.4, 0.5) is 11.4 Å². The number of aromatic hydroxyl groups is 1. The van der Waals surface area contributed by atoms with Gasteiger partial charge in [-0.2, -0.15) is 5.10 Å².